The van der Waals surface area contributed by atoms with Crippen LogP contribution in [0.25, 0.3) is 0 Å². The van der Waals surface area contributed by atoms with Gasteiger partial charge in [-0.25, -0.2) is 9.96 Å². The molecule has 0 radical (unpaired) electrons. The lowest BCUT2D eigenvalue weighted by atomic mass is 9.90. The normalized spacial score (nSPS) is 20.5. The number of non-ortho nitro benzene ring substituents is 2. The highest BCUT2D eigenvalue weighted by Gasteiger charge is 2.60. The van der Waals surface area contributed by atoms with Crippen molar-refractivity contribution in [3.05, 3.63) is 90.9 Å². The third-order valence-electron chi connectivity index (χ3n) is 6.34. The summed E-state index contributed by atoms with van der Waals surface area (Å²) in [6.45, 7) is 0. The van der Waals surface area contributed by atoms with E-state index >= 15 is 0 Å². The van der Waals surface area contributed by atoms with Crippen molar-refractivity contribution in [1.82, 2.24) is 0 Å². The van der Waals surface area contributed by atoms with E-state index in [-0.39, 0.29) is 38.7 Å². The average molecular weight is 585 g/mol. The summed E-state index contributed by atoms with van der Waals surface area (Å²) >= 11 is 3.26. The van der Waals surface area contributed by atoms with E-state index < -0.39 is 39.7 Å². The molecule has 5 rings (SSSR count). The zero-order valence-corrected chi connectivity index (χ0v) is 21.0. The van der Waals surface area contributed by atoms with Crippen LogP contribution < -0.4 is 14.7 Å². The van der Waals surface area contributed by atoms with Crippen LogP contribution in [0.1, 0.15) is 11.6 Å². The molecule has 13 nitrogen and oxygen atoms in total. The van der Waals surface area contributed by atoms with Crippen molar-refractivity contribution in [1.29, 1.82) is 0 Å². The van der Waals surface area contributed by atoms with E-state index in [0.717, 1.165) is 4.90 Å². The van der Waals surface area contributed by atoms with E-state index in [1.54, 1.807) is 0 Å². The molecule has 0 saturated carbocycles. The molecular weight excluding hydrogens is 568 g/mol. The lowest BCUT2D eigenvalue weighted by Crippen LogP contribution is -2.37. The average Bonchev–Trinajstić information content (AvgIpc) is 3.41. The molecule has 2 aliphatic rings. The van der Waals surface area contributed by atoms with Crippen LogP contribution in [0.4, 0.5) is 22.7 Å². The Bertz CT molecular complexity index is 1500. The highest BCUT2D eigenvalue weighted by molar-refractivity contribution is 9.10. The van der Waals surface area contributed by atoms with Crippen molar-refractivity contribution < 1.29 is 34.1 Å². The molecule has 2 aliphatic heterocycles. The van der Waals surface area contributed by atoms with Gasteiger partial charge in [0.25, 0.3) is 17.3 Å². The molecule has 3 aromatic rings. The molecule has 0 aliphatic carbocycles. The summed E-state index contributed by atoms with van der Waals surface area (Å²) in [6, 6.07) is 12.5. The molecule has 38 heavy (non-hydrogen) atoms. The Labute approximate surface area is 222 Å². The molecule has 3 aromatic carbocycles. The maximum Gasteiger partial charge on any atom is 0.271 e. The topological polar surface area (TPSA) is 166 Å². The fraction of sp³-hybridized carbons (Fsp3) is 0.167. The molecule has 14 heteroatoms. The number of phenolic OH excluding ortho intramolecular Hbond substituents is 1. The number of nitrogens with zero attached hydrogens (tertiary/aromatic N) is 4. The highest BCUT2D eigenvalue weighted by atomic mass is 79.9. The second-order valence-corrected chi connectivity index (χ2v) is 9.29. The first kappa shape index (κ1) is 25.1. The van der Waals surface area contributed by atoms with Crippen molar-refractivity contribution in [2.75, 3.05) is 17.1 Å². The van der Waals surface area contributed by atoms with Crippen LogP contribution in [0.15, 0.2) is 65.1 Å². The molecule has 3 atom stereocenters. The van der Waals surface area contributed by atoms with Gasteiger partial charge in [-0.05, 0) is 51.8 Å². The number of hydrogen-bond donors (Lipinski definition) is 1. The number of imide groups is 1. The molecule has 0 unspecified atom stereocenters. The molecule has 2 heterocycles. The number of amides is 2. The number of fused-ring (bicyclic) bond motifs is 1. The van der Waals surface area contributed by atoms with E-state index in [1.807, 2.05) is 0 Å². The van der Waals surface area contributed by atoms with E-state index in [4.69, 9.17) is 9.57 Å². The number of benzene rings is 3. The molecular formula is C24H17BrN4O9. The first-order valence-electron chi connectivity index (χ1n) is 11.0. The van der Waals surface area contributed by atoms with Crippen LogP contribution in [0.2, 0.25) is 0 Å². The molecule has 1 N–H and O–H groups in total. The Balaban J connectivity index is 1.62. The number of carbonyl (C=O) groups excluding carboxylic acids is 2. The zero-order valence-electron chi connectivity index (χ0n) is 19.4. The van der Waals surface area contributed by atoms with Gasteiger partial charge in [-0.15, -0.1) is 0 Å². The number of carbonyl (C=O) groups is 2. The molecule has 2 amide bonds. The summed E-state index contributed by atoms with van der Waals surface area (Å²) in [5, 5.41) is 34.0. The van der Waals surface area contributed by atoms with Gasteiger partial charge in [0.2, 0.25) is 5.91 Å². The van der Waals surface area contributed by atoms with Gasteiger partial charge < -0.3 is 9.84 Å². The second kappa shape index (κ2) is 9.39. The van der Waals surface area contributed by atoms with E-state index in [0.29, 0.717) is 5.56 Å². The molecule has 0 bridgehead atoms. The quantitative estimate of drug-likeness (QED) is 0.254. The van der Waals surface area contributed by atoms with Gasteiger partial charge in [0, 0.05) is 24.3 Å². The Morgan fingerprint density at radius 2 is 1.63 bits per heavy atom. The van der Waals surface area contributed by atoms with Crippen LogP contribution in [0, 0.1) is 26.1 Å². The number of rotatable bonds is 6. The minimum Gasteiger partial charge on any atom is -0.503 e. The third-order valence-corrected chi connectivity index (χ3v) is 6.95. The standard InChI is InChI=1S/C24H17BrN4O9/c1-37-18-10-12(9-17(25)21(18)30)20-19-22(38-27(20)15-3-2-4-16(11-15)29(35)36)24(32)26(23(19)31)13-5-7-14(8-6-13)28(33)34/h2-11,19-20,22,30H,1H3/t19-,20-,22+/m1/s1. The molecule has 2 saturated heterocycles. The molecule has 0 spiro atoms. The van der Waals surface area contributed by atoms with Crippen LogP contribution in [0.3, 0.4) is 0 Å². The third kappa shape index (κ3) is 3.99. The monoisotopic (exact) mass is 584 g/mol. The maximum atomic E-state index is 13.7. The first-order chi connectivity index (χ1) is 18.1. The SMILES string of the molecule is COc1cc([C@@H]2[C@H]3C(=O)N(c4ccc([N+](=O)[O-])cc4)C(=O)[C@H]3ON2c2cccc([N+](=O)[O-])c2)cc(Br)c1O. The van der Waals surface area contributed by atoms with Crippen LogP contribution in [0.5, 0.6) is 11.5 Å². The summed E-state index contributed by atoms with van der Waals surface area (Å²) in [7, 11) is 1.35. The lowest BCUT2D eigenvalue weighted by molar-refractivity contribution is -0.385. The fourth-order valence-electron chi connectivity index (χ4n) is 4.62. The number of hydrogen-bond acceptors (Lipinski definition) is 10. The second-order valence-electron chi connectivity index (χ2n) is 8.44. The van der Waals surface area contributed by atoms with Gasteiger partial charge in [0.05, 0.1) is 38.8 Å². The summed E-state index contributed by atoms with van der Waals surface area (Å²) in [5.41, 5.74) is 0.340. The number of anilines is 2. The smallest absolute Gasteiger partial charge is 0.271 e. The van der Waals surface area contributed by atoms with Crippen LogP contribution in [-0.4, -0.2) is 40.0 Å². The Morgan fingerprint density at radius 3 is 2.26 bits per heavy atom. The Hall–Kier alpha value is -4.56. The number of nitro benzene ring substituents is 2. The maximum absolute atomic E-state index is 13.7. The minimum atomic E-state index is -1.29. The van der Waals surface area contributed by atoms with Crippen LogP contribution >= 0.6 is 15.9 Å². The summed E-state index contributed by atoms with van der Waals surface area (Å²) < 4.78 is 5.50. The predicted molar refractivity (Wildman–Crippen MR) is 135 cm³/mol. The zero-order chi connectivity index (χ0) is 27.3. The minimum absolute atomic E-state index is 0.0841. The van der Waals surface area contributed by atoms with Gasteiger partial charge >= 0.3 is 0 Å². The number of ether oxygens (including phenoxy) is 1. The van der Waals surface area contributed by atoms with Gasteiger partial charge in [0.1, 0.15) is 5.92 Å². The number of hydroxylamine groups is 1. The van der Waals surface area contributed by atoms with Gasteiger partial charge in [-0.1, -0.05) is 6.07 Å². The van der Waals surface area contributed by atoms with Gasteiger partial charge in [-0.2, -0.15) is 0 Å². The van der Waals surface area contributed by atoms with Crippen LogP contribution in [-0.2, 0) is 14.4 Å². The molecule has 194 valence electrons. The van der Waals surface area contributed by atoms with Crippen molar-refractivity contribution in [2.24, 2.45) is 5.92 Å². The number of phenols is 1. The van der Waals surface area contributed by atoms with Gasteiger partial charge in [-0.3, -0.25) is 34.7 Å². The number of halogens is 1. The number of aromatic hydroxyl groups is 1. The highest BCUT2D eigenvalue weighted by Crippen LogP contribution is 2.50. The first-order valence-corrected chi connectivity index (χ1v) is 11.8. The largest absolute Gasteiger partial charge is 0.503 e. The molecule has 2 fully saturated rings. The summed E-state index contributed by atoms with van der Waals surface area (Å²) in [4.78, 5) is 55.3. The summed E-state index contributed by atoms with van der Waals surface area (Å²) in [5.74, 6) is -2.53. The Morgan fingerprint density at radius 1 is 0.947 bits per heavy atom. The van der Waals surface area contributed by atoms with Crippen molar-refractivity contribution in [2.45, 2.75) is 12.1 Å². The van der Waals surface area contributed by atoms with Crippen molar-refractivity contribution >= 4 is 50.5 Å². The summed E-state index contributed by atoms with van der Waals surface area (Å²) in [6.07, 6.45) is -1.29. The van der Waals surface area contributed by atoms with Crippen molar-refractivity contribution in [3.63, 3.8) is 0 Å². The fourth-order valence-corrected chi connectivity index (χ4v) is 5.08. The number of methoxy groups -OCH3 is 1. The van der Waals surface area contributed by atoms with E-state index in [2.05, 4.69) is 15.9 Å². The predicted octanol–water partition coefficient (Wildman–Crippen LogP) is 4.03. The molecule has 0 aromatic heterocycles. The van der Waals surface area contributed by atoms with E-state index in [9.17, 15) is 34.9 Å². The number of nitro groups is 2. The van der Waals surface area contributed by atoms with E-state index in [1.165, 1.54) is 72.8 Å². The Kier molecular flexibility index (Phi) is 6.20. The van der Waals surface area contributed by atoms with Crippen molar-refractivity contribution in [3.8, 4) is 11.5 Å². The van der Waals surface area contributed by atoms with Gasteiger partial charge in [0.15, 0.2) is 17.6 Å². The lowest BCUT2D eigenvalue weighted by Gasteiger charge is -2.29.